The van der Waals surface area contributed by atoms with Gasteiger partial charge in [0.15, 0.2) is 0 Å². The minimum Gasteiger partial charge on any atom is -0.282 e. The molecular formula is C16H26N2. The summed E-state index contributed by atoms with van der Waals surface area (Å²) in [4.78, 5) is 0. The summed E-state index contributed by atoms with van der Waals surface area (Å²) in [6.45, 7) is 12.2. The number of benzene rings is 1. The van der Waals surface area contributed by atoms with E-state index in [0.29, 0.717) is 0 Å². The lowest BCUT2D eigenvalue weighted by Gasteiger charge is -1.96. The van der Waals surface area contributed by atoms with Crippen LogP contribution in [0.2, 0.25) is 0 Å². The molecule has 2 aromatic rings. The maximum atomic E-state index is 4.27. The zero-order valence-corrected chi connectivity index (χ0v) is 12.5. The van der Waals surface area contributed by atoms with Crippen molar-refractivity contribution in [3.8, 4) is 11.3 Å². The van der Waals surface area contributed by atoms with Gasteiger partial charge in [-0.25, -0.2) is 0 Å². The quantitative estimate of drug-likeness (QED) is 0.793. The Kier molecular flexibility index (Phi) is 8.63. The number of H-pyrrole nitrogens is 1. The van der Waals surface area contributed by atoms with Crippen LogP contribution in [-0.2, 0) is 6.42 Å². The first-order chi connectivity index (χ1) is 8.79. The summed E-state index contributed by atoms with van der Waals surface area (Å²) in [5, 5.41) is 7.30. The predicted octanol–water partition coefficient (Wildman–Crippen LogP) is 5.00. The Bertz CT molecular complexity index is 430. The molecule has 0 saturated carbocycles. The van der Waals surface area contributed by atoms with Crippen LogP contribution in [0.3, 0.4) is 0 Å². The van der Waals surface area contributed by atoms with E-state index in [2.05, 4.69) is 54.4 Å². The second-order valence-corrected chi connectivity index (χ2v) is 3.50. The van der Waals surface area contributed by atoms with E-state index < -0.39 is 0 Å². The van der Waals surface area contributed by atoms with Gasteiger partial charge < -0.3 is 0 Å². The van der Waals surface area contributed by atoms with Gasteiger partial charge in [-0.2, -0.15) is 5.10 Å². The average molecular weight is 246 g/mol. The van der Waals surface area contributed by atoms with Crippen LogP contribution in [0.25, 0.3) is 11.3 Å². The molecule has 1 N–H and O–H groups in total. The highest BCUT2D eigenvalue weighted by atomic mass is 15.1. The van der Waals surface area contributed by atoms with Gasteiger partial charge in [0, 0.05) is 11.3 Å². The smallest absolute Gasteiger partial charge is 0.0923 e. The molecule has 0 aliphatic heterocycles. The van der Waals surface area contributed by atoms with E-state index in [1.807, 2.05) is 27.7 Å². The van der Waals surface area contributed by atoms with Crippen molar-refractivity contribution in [3.63, 3.8) is 0 Å². The maximum absolute atomic E-state index is 4.27. The maximum Gasteiger partial charge on any atom is 0.0923 e. The fourth-order valence-corrected chi connectivity index (χ4v) is 1.50. The van der Waals surface area contributed by atoms with E-state index in [1.54, 1.807) is 0 Å². The normalized spacial score (nSPS) is 8.78. The highest BCUT2D eigenvalue weighted by Gasteiger charge is 2.01. The molecule has 0 unspecified atom stereocenters. The van der Waals surface area contributed by atoms with Crippen LogP contribution >= 0.6 is 0 Å². The van der Waals surface area contributed by atoms with E-state index in [-0.39, 0.29) is 0 Å². The van der Waals surface area contributed by atoms with Crippen molar-refractivity contribution in [1.29, 1.82) is 0 Å². The SMILES string of the molecule is CC.CC.CCc1cc(-c2cccc(C)c2)n[nH]1. The summed E-state index contributed by atoms with van der Waals surface area (Å²) in [5.74, 6) is 0. The van der Waals surface area contributed by atoms with Gasteiger partial charge in [-0.3, -0.25) is 5.10 Å². The third-order valence-electron chi connectivity index (χ3n) is 2.33. The third-order valence-corrected chi connectivity index (χ3v) is 2.33. The number of hydrogen-bond donors (Lipinski definition) is 1. The van der Waals surface area contributed by atoms with Crippen molar-refractivity contribution in [2.24, 2.45) is 0 Å². The van der Waals surface area contributed by atoms with Crippen LogP contribution in [0, 0.1) is 6.92 Å². The highest BCUT2D eigenvalue weighted by molar-refractivity contribution is 5.60. The van der Waals surface area contributed by atoms with Crippen LogP contribution in [0.4, 0.5) is 0 Å². The summed E-state index contributed by atoms with van der Waals surface area (Å²) in [6, 6.07) is 10.5. The molecule has 0 radical (unpaired) electrons. The van der Waals surface area contributed by atoms with Crippen LogP contribution in [0.15, 0.2) is 30.3 Å². The number of nitrogens with one attached hydrogen (secondary N) is 1. The predicted molar refractivity (Wildman–Crippen MR) is 80.8 cm³/mol. The fraction of sp³-hybridized carbons (Fsp3) is 0.438. The first-order valence-corrected chi connectivity index (χ1v) is 6.91. The Morgan fingerprint density at radius 3 is 2.22 bits per heavy atom. The molecule has 1 aromatic carbocycles. The van der Waals surface area contributed by atoms with Gasteiger partial charge in [0.1, 0.15) is 0 Å². The molecule has 1 aromatic heterocycles. The minimum absolute atomic E-state index is 0.999. The lowest BCUT2D eigenvalue weighted by atomic mass is 10.1. The monoisotopic (exact) mass is 246 g/mol. The van der Waals surface area contributed by atoms with Crippen molar-refractivity contribution in [3.05, 3.63) is 41.6 Å². The summed E-state index contributed by atoms with van der Waals surface area (Å²) < 4.78 is 0. The van der Waals surface area contributed by atoms with Crippen molar-refractivity contribution < 1.29 is 0 Å². The van der Waals surface area contributed by atoms with Gasteiger partial charge in [-0.1, -0.05) is 58.4 Å². The first-order valence-electron chi connectivity index (χ1n) is 6.91. The minimum atomic E-state index is 0.999. The van der Waals surface area contributed by atoms with Crippen LogP contribution < -0.4 is 0 Å². The largest absolute Gasteiger partial charge is 0.282 e. The van der Waals surface area contributed by atoms with Crippen molar-refractivity contribution in [2.75, 3.05) is 0 Å². The number of aromatic amines is 1. The van der Waals surface area contributed by atoms with E-state index in [9.17, 15) is 0 Å². The molecule has 100 valence electrons. The number of hydrogen-bond acceptors (Lipinski definition) is 1. The molecule has 0 bridgehead atoms. The molecule has 0 amide bonds. The van der Waals surface area contributed by atoms with Crippen LogP contribution in [0.5, 0.6) is 0 Å². The van der Waals surface area contributed by atoms with Gasteiger partial charge in [0.05, 0.1) is 5.69 Å². The zero-order chi connectivity index (χ0) is 14.0. The molecule has 0 atom stereocenters. The standard InChI is InChI=1S/C12H14N2.2C2H6/c1-3-11-8-12(14-13-11)10-6-4-5-9(2)7-10;2*1-2/h4-8H,3H2,1-2H3,(H,13,14);2*1-2H3. The van der Waals surface area contributed by atoms with Crippen molar-refractivity contribution >= 4 is 0 Å². The van der Waals surface area contributed by atoms with E-state index in [1.165, 1.54) is 16.8 Å². The molecule has 0 fully saturated rings. The Hall–Kier alpha value is -1.57. The molecule has 0 aliphatic rings. The Morgan fingerprint density at radius 2 is 1.72 bits per heavy atom. The van der Waals surface area contributed by atoms with Gasteiger partial charge in [0.25, 0.3) is 0 Å². The lowest BCUT2D eigenvalue weighted by molar-refractivity contribution is 0.976. The molecule has 2 rings (SSSR count). The topological polar surface area (TPSA) is 28.7 Å². The van der Waals surface area contributed by atoms with Crippen LogP contribution in [-0.4, -0.2) is 10.2 Å². The number of rotatable bonds is 2. The molecule has 18 heavy (non-hydrogen) atoms. The third kappa shape index (κ3) is 4.74. The second kappa shape index (κ2) is 9.46. The van der Waals surface area contributed by atoms with Gasteiger partial charge in [-0.15, -0.1) is 0 Å². The first kappa shape index (κ1) is 16.4. The number of nitrogens with zero attached hydrogens (tertiary/aromatic N) is 1. The molecule has 0 saturated heterocycles. The number of aryl methyl sites for hydroxylation is 2. The summed E-state index contributed by atoms with van der Waals surface area (Å²) in [7, 11) is 0. The Morgan fingerprint density at radius 1 is 1.06 bits per heavy atom. The Balaban J connectivity index is 0.000000659. The second-order valence-electron chi connectivity index (χ2n) is 3.50. The van der Waals surface area contributed by atoms with E-state index in [0.717, 1.165) is 12.1 Å². The Labute approximate surface area is 111 Å². The summed E-state index contributed by atoms with van der Waals surface area (Å²) in [6.07, 6.45) is 0.999. The van der Waals surface area contributed by atoms with Crippen molar-refractivity contribution in [1.82, 2.24) is 10.2 Å². The van der Waals surface area contributed by atoms with Gasteiger partial charge in [0.2, 0.25) is 0 Å². The molecular weight excluding hydrogens is 220 g/mol. The van der Waals surface area contributed by atoms with Gasteiger partial charge in [-0.05, 0) is 25.5 Å². The molecule has 2 heteroatoms. The highest BCUT2D eigenvalue weighted by Crippen LogP contribution is 2.18. The molecule has 0 spiro atoms. The summed E-state index contributed by atoms with van der Waals surface area (Å²) in [5.41, 5.74) is 4.66. The molecule has 1 heterocycles. The average Bonchev–Trinajstić information content (AvgIpc) is 2.92. The van der Waals surface area contributed by atoms with E-state index >= 15 is 0 Å². The summed E-state index contributed by atoms with van der Waals surface area (Å²) >= 11 is 0. The molecule has 0 aliphatic carbocycles. The zero-order valence-electron chi connectivity index (χ0n) is 12.5. The molecule has 2 nitrogen and oxygen atoms in total. The lowest BCUT2D eigenvalue weighted by Crippen LogP contribution is -1.78. The van der Waals surface area contributed by atoms with E-state index in [4.69, 9.17) is 0 Å². The fourth-order valence-electron chi connectivity index (χ4n) is 1.50. The van der Waals surface area contributed by atoms with Crippen molar-refractivity contribution in [2.45, 2.75) is 48.0 Å². The van der Waals surface area contributed by atoms with Gasteiger partial charge >= 0.3 is 0 Å². The number of aromatic nitrogens is 2. The van der Waals surface area contributed by atoms with Crippen LogP contribution in [0.1, 0.15) is 45.9 Å².